The molecule has 0 amide bonds. The molecule has 0 saturated carbocycles. The van der Waals surface area contributed by atoms with Gasteiger partial charge >= 0.3 is 5.97 Å². The van der Waals surface area contributed by atoms with Crippen molar-refractivity contribution in [1.29, 1.82) is 0 Å². The third-order valence-corrected chi connectivity index (χ3v) is 9.05. The minimum atomic E-state index is -0.853. The lowest BCUT2D eigenvalue weighted by molar-refractivity contribution is -0.135. The van der Waals surface area contributed by atoms with Crippen LogP contribution in [0.15, 0.2) is 28.5 Å². The smallest absolute Gasteiger partial charge is 0.318 e. The van der Waals surface area contributed by atoms with Gasteiger partial charge in [-0.3, -0.25) is 4.79 Å². The van der Waals surface area contributed by atoms with E-state index in [1.807, 2.05) is 0 Å². The van der Waals surface area contributed by atoms with Gasteiger partial charge in [-0.15, -0.1) is 11.3 Å². The van der Waals surface area contributed by atoms with Gasteiger partial charge in [0.05, 0.1) is 10.3 Å². The molecule has 1 atom stereocenters. The second kappa shape index (κ2) is 11.2. The fourth-order valence-corrected chi connectivity index (χ4v) is 6.53. The number of carbonyl (C=O) groups is 1. The Morgan fingerprint density at radius 3 is 2.31 bits per heavy atom. The first-order valence-electron chi connectivity index (χ1n) is 11.4. The van der Waals surface area contributed by atoms with Crippen LogP contribution in [0, 0.1) is 19.3 Å². The van der Waals surface area contributed by atoms with Gasteiger partial charge in [0.25, 0.3) is 0 Å². The van der Waals surface area contributed by atoms with Crippen molar-refractivity contribution in [3.05, 3.63) is 51.4 Å². The summed E-state index contributed by atoms with van der Waals surface area (Å²) in [7, 11) is 0. The molecule has 32 heavy (non-hydrogen) atoms. The lowest BCUT2D eigenvalue weighted by atomic mass is 9.73. The van der Waals surface area contributed by atoms with Crippen molar-refractivity contribution < 1.29 is 15.0 Å². The van der Waals surface area contributed by atoms with Crippen LogP contribution in [0.2, 0.25) is 0 Å². The maximum absolute atomic E-state index is 10.8. The van der Waals surface area contributed by atoms with Crippen LogP contribution in [-0.2, 0) is 16.6 Å². The van der Waals surface area contributed by atoms with E-state index in [1.54, 1.807) is 11.3 Å². The zero-order chi connectivity index (χ0) is 24.1. The molecule has 0 aliphatic heterocycles. The number of nitrogens with one attached hydrogen (secondary N) is 1. The number of aliphatic hydroxyl groups excluding tert-OH is 1. The third-order valence-electron chi connectivity index (χ3n) is 6.52. The second-order valence-corrected chi connectivity index (χ2v) is 12.0. The molecule has 4 nitrogen and oxygen atoms in total. The van der Waals surface area contributed by atoms with Crippen molar-refractivity contribution >= 4 is 29.3 Å². The Morgan fingerprint density at radius 2 is 1.78 bits per heavy atom. The summed E-state index contributed by atoms with van der Waals surface area (Å²) < 4.78 is 4.06. The van der Waals surface area contributed by atoms with Crippen molar-refractivity contribution in [3.8, 4) is 0 Å². The highest BCUT2D eigenvalue weighted by molar-refractivity contribution is 7.99. The fourth-order valence-electron chi connectivity index (χ4n) is 4.11. The van der Waals surface area contributed by atoms with Crippen molar-refractivity contribution in [2.24, 2.45) is 5.41 Å². The molecule has 178 valence electrons. The van der Waals surface area contributed by atoms with Crippen molar-refractivity contribution in [1.82, 2.24) is 4.72 Å². The number of hydrogen-bond acceptors (Lipinski definition) is 5. The summed E-state index contributed by atoms with van der Waals surface area (Å²) >= 11 is 3.17. The average Bonchev–Trinajstić information content (AvgIpc) is 3.08. The molecule has 1 aromatic heterocycles. The van der Waals surface area contributed by atoms with Crippen LogP contribution in [0.4, 0.5) is 0 Å². The van der Waals surface area contributed by atoms with Gasteiger partial charge in [0.1, 0.15) is 6.54 Å². The Kier molecular flexibility index (Phi) is 9.41. The van der Waals surface area contributed by atoms with E-state index in [2.05, 4.69) is 77.5 Å². The van der Waals surface area contributed by atoms with Crippen molar-refractivity contribution in [2.75, 3.05) is 6.54 Å². The lowest BCUT2D eigenvalue weighted by Crippen LogP contribution is -2.26. The SMILES string of the molecule is CCC(CC)(c1ccc(CCC(O)C(C)(C)C)c(C)c1)c1cc(C)c(SNCC(=O)O)s1. The first kappa shape index (κ1) is 26.9. The maximum atomic E-state index is 10.8. The number of aliphatic carboxylic acids is 1. The highest BCUT2D eigenvalue weighted by Crippen LogP contribution is 2.45. The number of hydrogen-bond donors (Lipinski definition) is 3. The van der Waals surface area contributed by atoms with Gasteiger partial charge in [-0.05, 0) is 85.2 Å². The van der Waals surface area contributed by atoms with E-state index >= 15 is 0 Å². The topological polar surface area (TPSA) is 69.6 Å². The molecule has 0 saturated heterocycles. The van der Waals surface area contributed by atoms with Gasteiger partial charge in [-0.2, -0.15) is 0 Å². The molecule has 1 unspecified atom stereocenters. The van der Waals surface area contributed by atoms with Gasteiger partial charge in [-0.25, -0.2) is 4.72 Å². The van der Waals surface area contributed by atoms with Crippen LogP contribution < -0.4 is 4.72 Å². The van der Waals surface area contributed by atoms with E-state index in [9.17, 15) is 9.90 Å². The maximum Gasteiger partial charge on any atom is 0.318 e. The Bertz CT molecular complexity index is 910. The quantitative estimate of drug-likeness (QED) is 0.323. The number of rotatable bonds is 11. The molecule has 1 aromatic carbocycles. The summed E-state index contributed by atoms with van der Waals surface area (Å²) in [6.07, 6.45) is 3.33. The number of benzene rings is 1. The van der Waals surface area contributed by atoms with Gasteiger partial charge in [0, 0.05) is 10.3 Å². The summed E-state index contributed by atoms with van der Waals surface area (Å²) in [5.41, 5.74) is 4.94. The highest BCUT2D eigenvalue weighted by Gasteiger charge is 2.33. The second-order valence-electron chi connectivity index (χ2n) is 9.75. The molecule has 3 N–H and O–H groups in total. The van der Waals surface area contributed by atoms with E-state index in [1.165, 1.54) is 39.1 Å². The van der Waals surface area contributed by atoms with E-state index in [4.69, 9.17) is 5.11 Å². The number of carboxylic acid groups (broad SMARTS) is 1. The van der Waals surface area contributed by atoms with Crippen LogP contribution in [0.3, 0.4) is 0 Å². The predicted molar refractivity (Wildman–Crippen MR) is 137 cm³/mol. The van der Waals surface area contributed by atoms with Crippen LogP contribution in [0.25, 0.3) is 0 Å². The van der Waals surface area contributed by atoms with Crippen LogP contribution >= 0.6 is 23.3 Å². The average molecular weight is 478 g/mol. The minimum absolute atomic E-state index is 0.0603. The number of carboxylic acids is 1. The standard InChI is InChI=1S/C26H39NO3S2/c1-8-26(9-2,22-15-18(4)24(31-22)32-27-16-23(29)30)20-12-10-19(17(3)14-20)11-13-21(28)25(5,6)7/h10,12,14-15,21,27-28H,8-9,11,13,16H2,1-7H3,(H,29,30). The third kappa shape index (κ3) is 6.37. The van der Waals surface area contributed by atoms with Gasteiger partial charge < -0.3 is 10.2 Å². The van der Waals surface area contributed by atoms with Gasteiger partial charge in [0.15, 0.2) is 0 Å². The molecule has 0 spiro atoms. The Morgan fingerprint density at radius 1 is 1.12 bits per heavy atom. The Balaban J connectivity index is 2.29. The highest BCUT2D eigenvalue weighted by atomic mass is 32.2. The summed E-state index contributed by atoms with van der Waals surface area (Å²) in [6.45, 7) is 14.9. The molecular formula is C26H39NO3S2. The van der Waals surface area contributed by atoms with Crippen LogP contribution in [0.1, 0.15) is 81.0 Å². The zero-order valence-electron chi connectivity index (χ0n) is 20.5. The van der Waals surface area contributed by atoms with Crippen molar-refractivity contribution in [2.45, 2.75) is 89.9 Å². The summed E-state index contributed by atoms with van der Waals surface area (Å²) in [4.78, 5) is 12.2. The normalized spacial score (nSPS) is 13.4. The molecule has 1 heterocycles. The van der Waals surface area contributed by atoms with Gasteiger partial charge in [0.2, 0.25) is 0 Å². The zero-order valence-corrected chi connectivity index (χ0v) is 22.2. The minimum Gasteiger partial charge on any atom is -0.480 e. The number of aliphatic hydroxyl groups is 1. The molecule has 2 aromatic rings. The van der Waals surface area contributed by atoms with E-state index < -0.39 is 5.97 Å². The fraction of sp³-hybridized carbons (Fsp3) is 0.577. The number of aryl methyl sites for hydroxylation is 3. The molecule has 6 heteroatoms. The summed E-state index contributed by atoms with van der Waals surface area (Å²) in [5.74, 6) is -0.853. The van der Waals surface area contributed by atoms with Crippen molar-refractivity contribution in [3.63, 3.8) is 0 Å². The number of thiophene rings is 1. The molecular weight excluding hydrogens is 438 g/mol. The van der Waals surface area contributed by atoms with E-state index in [0.29, 0.717) is 0 Å². The molecule has 0 aliphatic rings. The van der Waals surface area contributed by atoms with E-state index in [-0.39, 0.29) is 23.5 Å². The molecule has 0 radical (unpaired) electrons. The molecule has 0 aliphatic carbocycles. The van der Waals surface area contributed by atoms with Crippen LogP contribution in [-0.4, -0.2) is 28.8 Å². The summed E-state index contributed by atoms with van der Waals surface area (Å²) in [6, 6.07) is 9.11. The lowest BCUT2D eigenvalue weighted by Gasteiger charge is -2.32. The van der Waals surface area contributed by atoms with Crippen LogP contribution in [0.5, 0.6) is 0 Å². The molecule has 2 rings (SSSR count). The first-order valence-corrected chi connectivity index (χ1v) is 13.1. The summed E-state index contributed by atoms with van der Waals surface area (Å²) in [5, 5.41) is 19.3. The molecule has 0 fully saturated rings. The Labute approximate surface area is 202 Å². The molecule has 0 bridgehead atoms. The monoisotopic (exact) mass is 477 g/mol. The largest absolute Gasteiger partial charge is 0.480 e. The Hall–Kier alpha value is -1.34. The predicted octanol–water partition coefficient (Wildman–Crippen LogP) is 6.49. The van der Waals surface area contributed by atoms with E-state index in [0.717, 1.165) is 29.9 Å². The van der Waals surface area contributed by atoms with Gasteiger partial charge in [-0.1, -0.05) is 52.8 Å². The first-order chi connectivity index (χ1) is 14.9.